The highest BCUT2D eigenvalue weighted by molar-refractivity contribution is 5.27. The number of imidazole rings is 1. The number of hydrogen-bond acceptors (Lipinski definition) is 3. The Labute approximate surface area is 88.8 Å². The maximum atomic E-state index is 5.78. The van der Waals surface area contributed by atoms with Crippen LogP contribution in [0.2, 0.25) is 0 Å². The predicted octanol–water partition coefficient (Wildman–Crippen LogP) is 1.53. The van der Waals surface area contributed by atoms with Crippen molar-refractivity contribution in [3.63, 3.8) is 0 Å². The second-order valence-corrected chi connectivity index (χ2v) is 3.67. The van der Waals surface area contributed by atoms with Crippen LogP contribution >= 0.6 is 0 Å². The van der Waals surface area contributed by atoms with Crippen LogP contribution in [0, 0.1) is 13.8 Å². The molecule has 0 spiro atoms. The summed E-state index contributed by atoms with van der Waals surface area (Å²) in [5.74, 6) is 0.559. The molecule has 4 heteroatoms. The van der Waals surface area contributed by atoms with Gasteiger partial charge in [0.05, 0.1) is 12.2 Å². The van der Waals surface area contributed by atoms with E-state index in [0.717, 1.165) is 12.2 Å². The van der Waals surface area contributed by atoms with Crippen molar-refractivity contribution in [2.75, 3.05) is 5.73 Å². The summed E-state index contributed by atoms with van der Waals surface area (Å²) in [5.41, 5.74) is 9.11. The lowest BCUT2D eigenvalue weighted by Crippen LogP contribution is -2.04. The Balaban J connectivity index is 2.29. The average Bonchev–Trinajstić information content (AvgIpc) is 2.49. The summed E-state index contributed by atoms with van der Waals surface area (Å²) >= 11 is 0. The lowest BCUT2D eigenvalue weighted by molar-refractivity contribution is 0.802. The number of pyridine rings is 1. The molecule has 0 aliphatic rings. The molecule has 0 saturated heterocycles. The largest absolute Gasteiger partial charge is 0.369 e. The van der Waals surface area contributed by atoms with Gasteiger partial charge in [-0.3, -0.25) is 4.98 Å². The van der Waals surface area contributed by atoms with E-state index < -0.39 is 0 Å². The molecule has 4 nitrogen and oxygen atoms in total. The van der Waals surface area contributed by atoms with Crippen molar-refractivity contribution in [2.24, 2.45) is 0 Å². The van der Waals surface area contributed by atoms with E-state index in [-0.39, 0.29) is 0 Å². The van der Waals surface area contributed by atoms with E-state index in [1.54, 1.807) is 6.20 Å². The van der Waals surface area contributed by atoms with Crippen molar-refractivity contribution in [3.8, 4) is 0 Å². The van der Waals surface area contributed by atoms with Crippen molar-refractivity contribution in [1.29, 1.82) is 0 Å². The Morgan fingerprint density at radius 3 is 2.80 bits per heavy atom. The molecule has 0 amide bonds. The van der Waals surface area contributed by atoms with Gasteiger partial charge < -0.3 is 10.3 Å². The Kier molecular flexibility index (Phi) is 2.41. The van der Waals surface area contributed by atoms with E-state index in [2.05, 4.69) is 9.97 Å². The Morgan fingerprint density at radius 1 is 1.40 bits per heavy atom. The van der Waals surface area contributed by atoms with Crippen LogP contribution in [0.4, 0.5) is 5.95 Å². The highest BCUT2D eigenvalue weighted by Gasteiger charge is 2.03. The van der Waals surface area contributed by atoms with E-state index >= 15 is 0 Å². The van der Waals surface area contributed by atoms with E-state index in [0.29, 0.717) is 5.95 Å². The van der Waals surface area contributed by atoms with E-state index in [1.165, 1.54) is 11.1 Å². The molecule has 0 bridgehead atoms. The van der Waals surface area contributed by atoms with Crippen LogP contribution in [0.15, 0.2) is 24.7 Å². The van der Waals surface area contributed by atoms with Gasteiger partial charge in [0, 0.05) is 18.6 Å². The fourth-order valence-corrected chi connectivity index (χ4v) is 1.56. The zero-order valence-electron chi connectivity index (χ0n) is 8.94. The summed E-state index contributed by atoms with van der Waals surface area (Å²) in [6.07, 6.45) is 5.60. The fraction of sp³-hybridized carbons (Fsp3) is 0.273. The minimum Gasteiger partial charge on any atom is -0.369 e. The summed E-state index contributed by atoms with van der Waals surface area (Å²) in [4.78, 5) is 8.22. The number of hydrogen-bond donors (Lipinski definition) is 1. The molecule has 0 aliphatic carbocycles. The highest BCUT2D eigenvalue weighted by Crippen LogP contribution is 2.11. The predicted molar refractivity (Wildman–Crippen MR) is 59.5 cm³/mol. The molecular weight excluding hydrogens is 188 g/mol. The number of aromatic nitrogens is 3. The summed E-state index contributed by atoms with van der Waals surface area (Å²) in [6.45, 7) is 4.73. The third-order valence-corrected chi connectivity index (χ3v) is 2.41. The molecule has 0 aromatic carbocycles. The minimum atomic E-state index is 0.559. The summed E-state index contributed by atoms with van der Waals surface area (Å²) in [5, 5.41) is 0. The fourth-order valence-electron chi connectivity index (χ4n) is 1.56. The van der Waals surface area contributed by atoms with Crippen molar-refractivity contribution in [1.82, 2.24) is 14.5 Å². The normalized spacial score (nSPS) is 10.5. The third kappa shape index (κ3) is 1.98. The van der Waals surface area contributed by atoms with Gasteiger partial charge in [-0.2, -0.15) is 0 Å². The molecule has 0 atom stereocenters. The van der Waals surface area contributed by atoms with E-state index in [9.17, 15) is 0 Å². The van der Waals surface area contributed by atoms with Crippen LogP contribution in [-0.4, -0.2) is 14.5 Å². The van der Waals surface area contributed by atoms with Crippen LogP contribution in [0.5, 0.6) is 0 Å². The molecule has 2 heterocycles. The minimum absolute atomic E-state index is 0.559. The van der Waals surface area contributed by atoms with Gasteiger partial charge in [0.2, 0.25) is 5.95 Å². The van der Waals surface area contributed by atoms with Crippen LogP contribution < -0.4 is 5.73 Å². The molecule has 0 fully saturated rings. The monoisotopic (exact) mass is 202 g/mol. The van der Waals surface area contributed by atoms with Crippen LogP contribution in [0.1, 0.15) is 16.8 Å². The van der Waals surface area contributed by atoms with Gasteiger partial charge in [-0.1, -0.05) is 0 Å². The molecule has 78 valence electrons. The van der Waals surface area contributed by atoms with Crippen molar-refractivity contribution < 1.29 is 0 Å². The average molecular weight is 202 g/mol. The Hall–Kier alpha value is -1.84. The molecule has 0 radical (unpaired) electrons. The maximum Gasteiger partial charge on any atom is 0.200 e. The Bertz CT molecular complexity index is 473. The maximum absolute atomic E-state index is 5.78. The smallest absolute Gasteiger partial charge is 0.200 e. The van der Waals surface area contributed by atoms with Gasteiger partial charge >= 0.3 is 0 Å². The van der Waals surface area contributed by atoms with Crippen LogP contribution in [-0.2, 0) is 6.54 Å². The molecule has 2 rings (SSSR count). The molecule has 0 aliphatic heterocycles. The third-order valence-electron chi connectivity index (χ3n) is 2.41. The van der Waals surface area contributed by atoms with Gasteiger partial charge in [-0.25, -0.2) is 4.98 Å². The molecular formula is C11H14N4. The first-order valence-corrected chi connectivity index (χ1v) is 4.85. The summed E-state index contributed by atoms with van der Waals surface area (Å²) < 4.78 is 1.94. The lowest BCUT2D eigenvalue weighted by atomic mass is 10.1. The zero-order valence-corrected chi connectivity index (χ0v) is 8.94. The van der Waals surface area contributed by atoms with Crippen molar-refractivity contribution >= 4 is 5.95 Å². The number of nitrogens with zero attached hydrogens (tertiary/aromatic N) is 3. The van der Waals surface area contributed by atoms with Crippen molar-refractivity contribution in [3.05, 3.63) is 41.5 Å². The quantitative estimate of drug-likeness (QED) is 0.803. The number of anilines is 1. The molecule has 15 heavy (non-hydrogen) atoms. The van der Waals surface area contributed by atoms with Crippen LogP contribution in [0.25, 0.3) is 0 Å². The lowest BCUT2D eigenvalue weighted by Gasteiger charge is -2.06. The Morgan fingerprint density at radius 2 is 2.20 bits per heavy atom. The second kappa shape index (κ2) is 3.73. The first kappa shape index (κ1) is 9.71. The number of rotatable bonds is 2. The zero-order chi connectivity index (χ0) is 10.8. The van der Waals surface area contributed by atoms with E-state index in [1.807, 2.05) is 36.9 Å². The molecule has 0 unspecified atom stereocenters. The molecule has 0 saturated carbocycles. The second-order valence-electron chi connectivity index (χ2n) is 3.67. The van der Waals surface area contributed by atoms with Crippen LogP contribution in [0.3, 0.4) is 0 Å². The van der Waals surface area contributed by atoms with Gasteiger partial charge in [0.25, 0.3) is 0 Å². The number of nitrogen functional groups attached to an aromatic ring is 1. The van der Waals surface area contributed by atoms with E-state index in [4.69, 9.17) is 5.73 Å². The van der Waals surface area contributed by atoms with Gasteiger partial charge in [-0.15, -0.1) is 0 Å². The van der Waals surface area contributed by atoms with Gasteiger partial charge in [0.1, 0.15) is 0 Å². The summed E-state index contributed by atoms with van der Waals surface area (Å²) in [6, 6.07) is 2.00. The number of aryl methyl sites for hydroxylation is 2. The highest BCUT2D eigenvalue weighted by atomic mass is 15.1. The molecule has 2 N–H and O–H groups in total. The SMILES string of the molecule is Cc1cn(Cc2ccncc2C)c(N)n1. The summed E-state index contributed by atoms with van der Waals surface area (Å²) in [7, 11) is 0. The molecule has 2 aromatic rings. The topological polar surface area (TPSA) is 56.7 Å². The first-order valence-electron chi connectivity index (χ1n) is 4.85. The van der Waals surface area contributed by atoms with Gasteiger partial charge in [0.15, 0.2) is 0 Å². The van der Waals surface area contributed by atoms with Crippen molar-refractivity contribution in [2.45, 2.75) is 20.4 Å². The standard InChI is InChI=1S/C11H14N4/c1-8-5-13-4-3-10(8)7-15-6-9(2)14-11(15)12/h3-6H,7H2,1-2H3,(H2,12,14). The number of nitrogens with two attached hydrogens (primary N) is 1. The van der Waals surface area contributed by atoms with Gasteiger partial charge in [-0.05, 0) is 31.0 Å². The molecule has 2 aromatic heterocycles. The first-order chi connectivity index (χ1) is 7.16.